The molecule has 1 aromatic heterocycles. The Labute approximate surface area is 153 Å². The van der Waals surface area contributed by atoms with E-state index in [9.17, 15) is 21.6 Å². The predicted molar refractivity (Wildman–Crippen MR) is 87.7 cm³/mol. The van der Waals surface area contributed by atoms with Crippen molar-refractivity contribution in [3.8, 4) is 11.6 Å². The first kappa shape index (κ1) is 19.4. The lowest BCUT2D eigenvalue weighted by Gasteiger charge is -2.17. The summed E-state index contributed by atoms with van der Waals surface area (Å²) < 4.78 is 72.5. The molecule has 2 heterocycles. The Morgan fingerprint density at radius 3 is 2.41 bits per heavy atom. The maximum absolute atomic E-state index is 12.7. The van der Waals surface area contributed by atoms with Crippen LogP contribution in [0.1, 0.15) is 12.1 Å². The Kier molecular flexibility index (Phi) is 5.24. The Bertz CT molecular complexity index is 887. The minimum Gasteiger partial charge on any atom is -0.472 e. The molecule has 0 saturated carbocycles. The van der Waals surface area contributed by atoms with E-state index >= 15 is 0 Å². The first-order chi connectivity index (χ1) is 12.6. The van der Waals surface area contributed by atoms with E-state index in [0.29, 0.717) is 12.3 Å². The van der Waals surface area contributed by atoms with E-state index in [4.69, 9.17) is 4.74 Å². The lowest BCUT2D eigenvalue weighted by Crippen LogP contribution is -2.31. The number of benzene rings is 1. The van der Waals surface area contributed by atoms with E-state index in [1.807, 2.05) is 0 Å². The summed E-state index contributed by atoms with van der Waals surface area (Å²) >= 11 is 0. The average molecular weight is 403 g/mol. The summed E-state index contributed by atoms with van der Waals surface area (Å²) in [7, 11) is -3.85. The van der Waals surface area contributed by atoms with Gasteiger partial charge in [0.05, 0.1) is 17.1 Å². The van der Waals surface area contributed by atoms with E-state index in [1.54, 1.807) is 19.1 Å². The summed E-state index contributed by atoms with van der Waals surface area (Å²) in [4.78, 5) is -0.118. The van der Waals surface area contributed by atoms with Crippen molar-refractivity contribution in [3.63, 3.8) is 0 Å². The normalized spacial score (nSPS) is 18.4. The van der Waals surface area contributed by atoms with Gasteiger partial charge in [0.1, 0.15) is 11.9 Å². The molecular weight excluding hydrogens is 387 g/mol. The van der Waals surface area contributed by atoms with E-state index in [1.165, 1.54) is 4.31 Å². The molecule has 1 atom stereocenters. The van der Waals surface area contributed by atoms with Gasteiger partial charge in [-0.25, -0.2) is 8.42 Å². The highest BCUT2D eigenvalue weighted by molar-refractivity contribution is 7.89. The monoisotopic (exact) mass is 403 g/mol. The molecule has 1 unspecified atom stereocenters. The molecule has 27 heavy (non-hydrogen) atoms. The first-order valence-electron chi connectivity index (χ1n) is 7.96. The third-order valence-corrected chi connectivity index (χ3v) is 5.74. The largest absolute Gasteiger partial charge is 0.573 e. The van der Waals surface area contributed by atoms with Crippen LogP contribution in [0.5, 0.6) is 11.6 Å². The lowest BCUT2D eigenvalue weighted by atomic mass is 10.3. The molecule has 3 rings (SSSR count). The topological polar surface area (TPSA) is 81.6 Å². The summed E-state index contributed by atoms with van der Waals surface area (Å²) in [6.07, 6.45) is -4.76. The SMILES string of the molecule is Cc1ccc(OC2CCN(S(=O)(=O)c3ccc(OC(F)(F)F)cc3)C2)nn1. The van der Waals surface area contributed by atoms with Crippen molar-refractivity contribution in [3.05, 3.63) is 42.1 Å². The van der Waals surface area contributed by atoms with Gasteiger partial charge in [-0.3, -0.25) is 0 Å². The van der Waals surface area contributed by atoms with Crippen molar-refractivity contribution in [1.82, 2.24) is 14.5 Å². The fourth-order valence-electron chi connectivity index (χ4n) is 2.59. The molecule has 0 radical (unpaired) electrons. The van der Waals surface area contributed by atoms with Gasteiger partial charge in [-0.1, -0.05) is 0 Å². The van der Waals surface area contributed by atoms with E-state index in [0.717, 1.165) is 30.0 Å². The zero-order valence-electron chi connectivity index (χ0n) is 14.2. The average Bonchev–Trinajstić information content (AvgIpc) is 3.05. The molecule has 0 bridgehead atoms. The van der Waals surface area contributed by atoms with Gasteiger partial charge in [-0.05, 0) is 43.7 Å². The number of aryl methyl sites for hydroxylation is 1. The molecule has 1 fully saturated rings. The highest BCUT2D eigenvalue weighted by Crippen LogP contribution is 2.27. The van der Waals surface area contributed by atoms with Crippen molar-refractivity contribution in [2.24, 2.45) is 0 Å². The Morgan fingerprint density at radius 2 is 1.81 bits per heavy atom. The molecule has 1 aliphatic rings. The van der Waals surface area contributed by atoms with Crippen LogP contribution in [0, 0.1) is 6.92 Å². The van der Waals surface area contributed by atoms with Crippen LogP contribution in [0.2, 0.25) is 0 Å². The molecule has 1 aromatic carbocycles. The second-order valence-corrected chi connectivity index (χ2v) is 7.86. The number of rotatable bonds is 5. The van der Waals surface area contributed by atoms with Crippen LogP contribution in [0.25, 0.3) is 0 Å². The number of hydrogen-bond donors (Lipinski definition) is 0. The van der Waals surface area contributed by atoms with Crippen molar-refractivity contribution in [2.75, 3.05) is 13.1 Å². The predicted octanol–water partition coefficient (Wildman–Crippen LogP) is 2.53. The van der Waals surface area contributed by atoms with Crippen LogP contribution < -0.4 is 9.47 Å². The molecule has 1 saturated heterocycles. The highest BCUT2D eigenvalue weighted by atomic mass is 32.2. The summed E-state index contributed by atoms with van der Waals surface area (Å²) in [5.74, 6) is -0.180. The number of aromatic nitrogens is 2. The number of halogens is 3. The number of nitrogens with zero attached hydrogens (tertiary/aromatic N) is 3. The van der Waals surface area contributed by atoms with E-state index in [-0.39, 0.29) is 24.1 Å². The second kappa shape index (κ2) is 7.31. The van der Waals surface area contributed by atoms with Crippen LogP contribution in [0.4, 0.5) is 13.2 Å². The molecule has 146 valence electrons. The number of ether oxygens (including phenoxy) is 2. The van der Waals surface area contributed by atoms with Crippen molar-refractivity contribution < 1.29 is 31.1 Å². The zero-order valence-corrected chi connectivity index (χ0v) is 15.0. The molecule has 1 aliphatic heterocycles. The summed E-state index contributed by atoms with van der Waals surface area (Å²) in [6, 6.07) is 7.47. The van der Waals surface area contributed by atoms with Gasteiger partial charge in [0.25, 0.3) is 0 Å². The van der Waals surface area contributed by atoms with Gasteiger partial charge in [0.2, 0.25) is 15.9 Å². The number of sulfonamides is 1. The smallest absolute Gasteiger partial charge is 0.472 e. The lowest BCUT2D eigenvalue weighted by molar-refractivity contribution is -0.274. The second-order valence-electron chi connectivity index (χ2n) is 5.92. The minimum absolute atomic E-state index is 0.110. The van der Waals surface area contributed by atoms with Crippen molar-refractivity contribution in [1.29, 1.82) is 0 Å². The van der Waals surface area contributed by atoms with Gasteiger partial charge in [-0.15, -0.1) is 18.3 Å². The summed E-state index contributed by atoms with van der Waals surface area (Å²) in [5.41, 5.74) is 0.732. The van der Waals surface area contributed by atoms with E-state index in [2.05, 4.69) is 14.9 Å². The minimum atomic E-state index is -4.83. The van der Waals surface area contributed by atoms with Gasteiger partial charge < -0.3 is 9.47 Å². The molecule has 0 amide bonds. The quantitative estimate of drug-likeness (QED) is 0.763. The van der Waals surface area contributed by atoms with Gasteiger partial charge in [0.15, 0.2) is 0 Å². The molecule has 11 heteroatoms. The van der Waals surface area contributed by atoms with Crippen LogP contribution in [-0.2, 0) is 10.0 Å². The van der Waals surface area contributed by atoms with Crippen LogP contribution in [0.3, 0.4) is 0 Å². The Balaban J connectivity index is 1.66. The van der Waals surface area contributed by atoms with Crippen molar-refractivity contribution >= 4 is 10.0 Å². The summed E-state index contributed by atoms with van der Waals surface area (Å²) in [6.45, 7) is 2.12. The van der Waals surface area contributed by atoms with Crippen LogP contribution in [0.15, 0.2) is 41.3 Å². The fraction of sp³-hybridized carbons (Fsp3) is 0.375. The molecular formula is C16H16F3N3O4S. The Hall–Kier alpha value is -2.40. The zero-order chi connectivity index (χ0) is 19.7. The third kappa shape index (κ3) is 4.86. The van der Waals surface area contributed by atoms with Crippen molar-refractivity contribution in [2.45, 2.75) is 30.7 Å². The summed E-state index contributed by atoms with van der Waals surface area (Å²) in [5, 5.41) is 7.75. The van der Waals surface area contributed by atoms with Gasteiger partial charge >= 0.3 is 6.36 Å². The molecule has 7 nitrogen and oxygen atoms in total. The van der Waals surface area contributed by atoms with Gasteiger partial charge in [0, 0.05) is 12.6 Å². The third-order valence-electron chi connectivity index (χ3n) is 3.86. The first-order valence-corrected chi connectivity index (χ1v) is 9.40. The van der Waals surface area contributed by atoms with Crippen LogP contribution in [-0.4, -0.2) is 48.5 Å². The molecule has 2 aromatic rings. The molecule has 0 spiro atoms. The number of hydrogen-bond acceptors (Lipinski definition) is 6. The molecule has 0 N–H and O–H groups in total. The maximum Gasteiger partial charge on any atom is 0.573 e. The fourth-order valence-corrected chi connectivity index (χ4v) is 4.08. The molecule has 0 aliphatic carbocycles. The van der Waals surface area contributed by atoms with Crippen LogP contribution >= 0.6 is 0 Å². The standard InChI is InChI=1S/C16H16F3N3O4S/c1-11-2-7-15(21-20-11)25-13-8-9-22(10-13)27(23,24)14-5-3-12(4-6-14)26-16(17,18)19/h2-7,13H,8-10H2,1H3. The Morgan fingerprint density at radius 1 is 1.11 bits per heavy atom. The highest BCUT2D eigenvalue weighted by Gasteiger charge is 2.34. The van der Waals surface area contributed by atoms with Gasteiger partial charge in [-0.2, -0.15) is 9.40 Å². The maximum atomic E-state index is 12.7. The van der Waals surface area contributed by atoms with E-state index < -0.39 is 22.1 Å². The number of alkyl halides is 3.